The Labute approximate surface area is 258 Å². The van der Waals surface area contributed by atoms with Gasteiger partial charge in [0, 0.05) is 26.1 Å². The first-order valence-corrected chi connectivity index (χ1v) is 15.3. The van der Waals surface area contributed by atoms with Crippen LogP contribution in [0.1, 0.15) is 51.0 Å². The van der Waals surface area contributed by atoms with Crippen molar-refractivity contribution in [2.24, 2.45) is 11.8 Å². The predicted molar refractivity (Wildman–Crippen MR) is 162 cm³/mol. The molecule has 234 valence electrons. The molecule has 3 amide bonds. The highest BCUT2D eigenvalue weighted by atomic mass is 35.5. The SMILES string of the molecule is C=CCCC(=O)NC[C@@H](C)OC(=O)[C@@H]1[C@@H]2CC[C@]3(O2)[C@H](C(=O)N(CC=C)c2c(C)cccc2Cl)N(CCCCO)C(=O)[C@@H]13. The van der Waals surface area contributed by atoms with E-state index in [-0.39, 0.29) is 44.0 Å². The number of aliphatic hydroxyl groups excluding tert-OH is 1. The fourth-order valence-electron chi connectivity index (χ4n) is 6.77. The molecule has 3 heterocycles. The van der Waals surface area contributed by atoms with Gasteiger partial charge in [0.2, 0.25) is 11.8 Å². The first-order valence-electron chi connectivity index (χ1n) is 15.0. The van der Waals surface area contributed by atoms with Crippen LogP contribution in [0.5, 0.6) is 0 Å². The fraction of sp³-hybridized carbons (Fsp3) is 0.562. The lowest BCUT2D eigenvalue weighted by Crippen LogP contribution is -2.56. The summed E-state index contributed by atoms with van der Waals surface area (Å²) in [6, 6.07) is 4.37. The van der Waals surface area contributed by atoms with Gasteiger partial charge >= 0.3 is 5.97 Å². The molecule has 0 unspecified atom stereocenters. The molecule has 10 nitrogen and oxygen atoms in total. The summed E-state index contributed by atoms with van der Waals surface area (Å²) in [6.07, 6.45) is 4.76. The number of nitrogens with one attached hydrogen (secondary N) is 1. The van der Waals surface area contributed by atoms with Crippen LogP contribution in [0.4, 0.5) is 5.69 Å². The average molecular weight is 616 g/mol. The number of allylic oxidation sites excluding steroid dienone is 1. The number of rotatable bonds is 15. The number of hydrogen-bond donors (Lipinski definition) is 2. The molecule has 0 radical (unpaired) electrons. The van der Waals surface area contributed by atoms with Crippen LogP contribution in [0.25, 0.3) is 0 Å². The van der Waals surface area contributed by atoms with Gasteiger partial charge in [-0.15, -0.1) is 13.2 Å². The van der Waals surface area contributed by atoms with Crippen molar-refractivity contribution in [2.75, 3.05) is 31.1 Å². The summed E-state index contributed by atoms with van der Waals surface area (Å²) >= 11 is 6.59. The maximum atomic E-state index is 14.6. The smallest absolute Gasteiger partial charge is 0.312 e. The number of unbranched alkanes of at least 4 members (excludes halogenated alkanes) is 1. The van der Waals surface area contributed by atoms with Crippen LogP contribution >= 0.6 is 11.6 Å². The number of amides is 3. The number of anilines is 1. The molecule has 0 saturated carbocycles. The number of hydrogen-bond acceptors (Lipinski definition) is 7. The Morgan fingerprint density at radius 3 is 2.74 bits per heavy atom. The summed E-state index contributed by atoms with van der Waals surface area (Å²) in [7, 11) is 0. The van der Waals surface area contributed by atoms with Crippen molar-refractivity contribution in [1.82, 2.24) is 10.2 Å². The minimum Gasteiger partial charge on any atom is -0.460 e. The van der Waals surface area contributed by atoms with Gasteiger partial charge in [-0.2, -0.15) is 0 Å². The van der Waals surface area contributed by atoms with Crippen molar-refractivity contribution in [2.45, 2.75) is 76.2 Å². The molecule has 3 fully saturated rings. The standard InChI is InChI=1S/C32H42ClN3O7/c1-5-7-13-24(38)34-19-21(4)42-31(41)25-23-14-15-32(43-23)26(25)29(39)36(17-8-9-18-37)28(32)30(40)35(16-6-2)27-20(3)11-10-12-22(27)33/h5-6,10-12,21,23,25-26,28,37H,1-2,7-9,13-19H2,3-4H3,(H,34,38)/t21-,23+,25-,26-,28+,32-/m1/s1. The van der Waals surface area contributed by atoms with E-state index in [2.05, 4.69) is 18.5 Å². The molecule has 2 bridgehead atoms. The summed E-state index contributed by atoms with van der Waals surface area (Å²) in [5.41, 5.74) is 0.110. The molecule has 6 atom stereocenters. The number of benzene rings is 1. The molecule has 43 heavy (non-hydrogen) atoms. The fourth-order valence-corrected chi connectivity index (χ4v) is 7.09. The van der Waals surface area contributed by atoms with Crippen molar-refractivity contribution in [3.05, 3.63) is 54.1 Å². The van der Waals surface area contributed by atoms with Crippen LogP contribution < -0.4 is 10.2 Å². The lowest BCUT2D eigenvalue weighted by Gasteiger charge is -2.37. The first kappa shape index (κ1) is 32.7. The lowest BCUT2D eigenvalue weighted by atomic mass is 9.70. The highest BCUT2D eigenvalue weighted by Gasteiger charge is 2.75. The molecule has 1 spiro atoms. The Hall–Kier alpha value is -3.21. The van der Waals surface area contributed by atoms with Gasteiger partial charge in [0.1, 0.15) is 17.7 Å². The summed E-state index contributed by atoms with van der Waals surface area (Å²) < 4.78 is 12.2. The molecule has 0 aromatic heterocycles. The minimum absolute atomic E-state index is 0.0494. The Bertz CT molecular complexity index is 1240. The zero-order valence-electron chi connectivity index (χ0n) is 24.9. The zero-order valence-corrected chi connectivity index (χ0v) is 25.7. The van der Waals surface area contributed by atoms with Crippen molar-refractivity contribution >= 4 is 41.0 Å². The van der Waals surface area contributed by atoms with Gasteiger partial charge in [-0.05, 0) is 57.6 Å². The highest BCUT2D eigenvalue weighted by Crippen LogP contribution is 2.59. The van der Waals surface area contributed by atoms with E-state index >= 15 is 0 Å². The maximum Gasteiger partial charge on any atom is 0.312 e. The average Bonchev–Trinajstić information content (AvgIpc) is 3.61. The number of likely N-dealkylation sites (tertiary alicyclic amines) is 1. The number of esters is 1. The molecule has 4 rings (SSSR count). The van der Waals surface area contributed by atoms with Gasteiger partial charge in [0.05, 0.1) is 35.2 Å². The van der Waals surface area contributed by atoms with E-state index in [1.165, 1.54) is 9.80 Å². The van der Waals surface area contributed by atoms with Crippen molar-refractivity contribution in [3.63, 3.8) is 0 Å². The van der Waals surface area contributed by atoms with Crippen LogP contribution in [0, 0.1) is 18.8 Å². The maximum absolute atomic E-state index is 14.6. The van der Waals surface area contributed by atoms with Crippen LogP contribution in [-0.4, -0.2) is 83.8 Å². The molecule has 3 aliphatic rings. The number of fused-ring (bicyclic) bond motifs is 1. The monoisotopic (exact) mass is 615 g/mol. The van der Waals surface area contributed by atoms with Crippen LogP contribution in [-0.2, 0) is 28.7 Å². The Morgan fingerprint density at radius 1 is 1.30 bits per heavy atom. The second-order valence-electron chi connectivity index (χ2n) is 11.5. The number of aliphatic hydroxyl groups is 1. The number of nitrogens with zero attached hydrogens (tertiary/aromatic N) is 2. The number of carbonyl (C=O) groups excluding carboxylic acids is 4. The van der Waals surface area contributed by atoms with Gasteiger partial charge in [-0.3, -0.25) is 19.2 Å². The van der Waals surface area contributed by atoms with Gasteiger partial charge in [-0.25, -0.2) is 0 Å². The van der Waals surface area contributed by atoms with E-state index in [9.17, 15) is 24.3 Å². The number of para-hydroxylation sites is 1. The summed E-state index contributed by atoms with van der Waals surface area (Å²) in [6.45, 7) is 11.4. The summed E-state index contributed by atoms with van der Waals surface area (Å²) in [4.78, 5) is 57.4. The number of aryl methyl sites for hydroxylation is 1. The van der Waals surface area contributed by atoms with E-state index in [0.717, 1.165) is 5.56 Å². The van der Waals surface area contributed by atoms with E-state index < -0.39 is 41.7 Å². The van der Waals surface area contributed by atoms with Gasteiger partial charge in [-0.1, -0.05) is 35.9 Å². The molecule has 1 aromatic carbocycles. The molecular formula is C32H42ClN3O7. The molecule has 2 N–H and O–H groups in total. The largest absolute Gasteiger partial charge is 0.460 e. The molecule has 1 aromatic rings. The Balaban J connectivity index is 1.62. The number of carbonyl (C=O) groups is 4. The second kappa shape index (κ2) is 14.1. The summed E-state index contributed by atoms with van der Waals surface area (Å²) in [5, 5.41) is 12.6. The first-order chi connectivity index (χ1) is 20.6. The normalized spacial score (nSPS) is 26.1. The van der Waals surface area contributed by atoms with E-state index in [1.807, 2.05) is 13.0 Å². The van der Waals surface area contributed by atoms with Crippen LogP contribution in [0.15, 0.2) is 43.5 Å². The molecule has 3 aliphatic heterocycles. The quantitative estimate of drug-likeness (QED) is 0.176. The van der Waals surface area contributed by atoms with E-state index in [4.69, 9.17) is 21.1 Å². The lowest BCUT2D eigenvalue weighted by molar-refractivity contribution is -0.159. The number of halogens is 1. The predicted octanol–water partition coefficient (Wildman–Crippen LogP) is 3.33. The topological polar surface area (TPSA) is 125 Å². The second-order valence-corrected chi connectivity index (χ2v) is 11.9. The molecular weight excluding hydrogens is 574 g/mol. The van der Waals surface area contributed by atoms with Crippen molar-refractivity contribution < 1.29 is 33.8 Å². The van der Waals surface area contributed by atoms with E-state index in [1.54, 1.807) is 31.2 Å². The van der Waals surface area contributed by atoms with Gasteiger partial charge < -0.3 is 29.7 Å². The molecule has 11 heteroatoms. The van der Waals surface area contributed by atoms with Gasteiger partial charge in [0.15, 0.2) is 0 Å². The van der Waals surface area contributed by atoms with Crippen LogP contribution in [0.3, 0.4) is 0 Å². The molecule has 3 saturated heterocycles. The third-order valence-corrected chi connectivity index (χ3v) is 8.93. The zero-order chi connectivity index (χ0) is 31.3. The highest BCUT2D eigenvalue weighted by molar-refractivity contribution is 6.34. The molecule has 0 aliphatic carbocycles. The number of ether oxygens (including phenoxy) is 2. The minimum atomic E-state index is -1.21. The van der Waals surface area contributed by atoms with Crippen molar-refractivity contribution in [1.29, 1.82) is 0 Å². The van der Waals surface area contributed by atoms with Crippen LogP contribution in [0.2, 0.25) is 5.02 Å². The van der Waals surface area contributed by atoms with Gasteiger partial charge in [0.25, 0.3) is 5.91 Å². The Kier molecular flexibility index (Phi) is 10.7. The third-order valence-electron chi connectivity index (χ3n) is 8.63. The van der Waals surface area contributed by atoms with E-state index in [0.29, 0.717) is 49.2 Å². The third kappa shape index (κ3) is 6.37. The van der Waals surface area contributed by atoms with Crippen molar-refractivity contribution in [3.8, 4) is 0 Å². The summed E-state index contributed by atoms with van der Waals surface area (Å²) in [5.74, 6) is -3.22. The Morgan fingerprint density at radius 2 is 2.07 bits per heavy atom.